The molecular formula is C30H31N3O4. The first kappa shape index (κ1) is 24.6. The zero-order valence-electron chi connectivity index (χ0n) is 21.3. The van der Waals surface area contributed by atoms with Gasteiger partial charge in [-0.05, 0) is 48.9 Å². The van der Waals surface area contributed by atoms with Crippen LogP contribution in [0.2, 0.25) is 0 Å². The van der Waals surface area contributed by atoms with E-state index in [-0.39, 0.29) is 11.8 Å². The minimum Gasteiger partial charge on any atom is -0.494 e. The normalized spacial score (nSPS) is 17.1. The van der Waals surface area contributed by atoms with Crippen molar-refractivity contribution in [3.63, 3.8) is 0 Å². The maximum Gasteiger partial charge on any atom is 0.254 e. The van der Waals surface area contributed by atoms with Gasteiger partial charge in [0, 0.05) is 54.6 Å². The van der Waals surface area contributed by atoms with Gasteiger partial charge in [0.25, 0.3) is 5.91 Å². The molecule has 190 valence electrons. The Balaban J connectivity index is 1.63. The zero-order valence-corrected chi connectivity index (χ0v) is 21.3. The summed E-state index contributed by atoms with van der Waals surface area (Å²) >= 11 is 0. The van der Waals surface area contributed by atoms with Crippen molar-refractivity contribution in [2.45, 2.75) is 18.9 Å². The third-order valence-electron chi connectivity index (χ3n) is 6.94. The van der Waals surface area contributed by atoms with Gasteiger partial charge in [0.05, 0.1) is 25.2 Å². The van der Waals surface area contributed by atoms with E-state index < -0.39 is 12.0 Å². The van der Waals surface area contributed by atoms with Gasteiger partial charge in [-0.3, -0.25) is 9.59 Å². The Morgan fingerprint density at radius 2 is 1.70 bits per heavy atom. The molecule has 1 aliphatic rings. The van der Waals surface area contributed by atoms with Gasteiger partial charge in [0.1, 0.15) is 5.75 Å². The highest BCUT2D eigenvalue weighted by atomic mass is 16.5. The number of rotatable bonds is 8. The summed E-state index contributed by atoms with van der Waals surface area (Å²) in [4.78, 5) is 29.7. The van der Waals surface area contributed by atoms with E-state index in [2.05, 4.69) is 5.32 Å². The van der Waals surface area contributed by atoms with Crippen molar-refractivity contribution in [1.82, 2.24) is 9.47 Å². The zero-order chi connectivity index (χ0) is 25.9. The molecule has 2 heterocycles. The van der Waals surface area contributed by atoms with Crippen LogP contribution in [-0.4, -0.2) is 48.1 Å². The maximum atomic E-state index is 14.1. The van der Waals surface area contributed by atoms with Crippen LogP contribution in [0.25, 0.3) is 10.9 Å². The SMILES string of the molecule is CCOc1ccc(NC(=O)[C@H]2c3ccccc3C(=O)N(CCOC)[C@@H]2c2cn(C)c3ccccc23)cc1. The van der Waals surface area contributed by atoms with Crippen molar-refractivity contribution in [2.24, 2.45) is 7.05 Å². The van der Waals surface area contributed by atoms with Gasteiger partial charge in [-0.15, -0.1) is 0 Å². The molecule has 7 nitrogen and oxygen atoms in total. The lowest BCUT2D eigenvalue weighted by Gasteiger charge is -2.41. The number of benzene rings is 3. The lowest BCUT2D eigenvalue weighted by molar-refractivity contribution is -0.119. The summed E-state index contributed by atoms with van der Waals surface area (Å²) in [6.07, 6.45) is 2.04. The first-order chi connectivity index (χ1) is 18.0. The average Bonchev–Trinajstić information content (AvgIpc) is 3.25. The van der Waals surface area contributed by atoms with E-state index in [1.165, 1.54) is 0 Å². The lowest BCUT2D eigenvalue weighted by Crippen LogP contribution is -2.47. The summed E-state index contributed by atoms with van der Waals surface area (Å²) in [6, 6.07) is 22.3. The fourth-order valence-electron chi connectivity index (χ4n) is 5.29. The average molecular weight is 498 g/mol. The molecule has 2 amide bonds. The fraction of sp³-hybridized carbons (Fsp3) is 0.267. The number of anilines is 1. The lowest BCUT2D eigenvalue weighted by atomic mass is 9.79. The highest BCUT2D eigenvalue weighted by Crippen LogP contribution is 2.45. The molecule has 0 saturated heterocycles. The second-order valence-electron chi connectivity index (χ2n) is 9.16. The van der Waals surface area contributed by atoms with Gasteiger partial charge < -0.3 is 24.3 Å². The monoisotopic (exact) mass is 497 g/mol. The van der Waals surface area contributed by atoms with Crippen LogP contribution in [0, 0.1) is 0 Å². The summed E-state index contributed by atoms with van der Waals surface area (Å²) in [7, 11) is 3.60. The van der Waals surface area contributed by atoms with Crippen molar-refractivity contribution < 1.29 is 19.1 Å². The van der Waals surface area contributed by atoms with Crippen molar-refractivity contribution in [1.29, 1.82) is 0 Å². The summed E-state index contributed by atoms with van der Waals surface area (Å²) in [5.41, 5.74) is 3.91. The van der Waals surface area contributed by atoms with Crippen LogP contribution >= 0.6 is 0 Å². The molecule has 0 fully saturated rings. The molecule has 0 bridgehead atoms. The molecule has 1 aromatic heterocycles. The first-order valence-corrected chi connectivity index (χ1v) is 12.5. The molecule has 1 aliphatic heterocycles. The van der Waals surface area contributed by atoms with Gasteiger partial charge in [-0.1, -0.05) is 36.4 Å². The standard InChI is InChI=1S/C30H31N3O4/c1-4-37-21-15-13-20(14-16-21)31-29(34)27-23-10-5-6-11-24(23)30(35)33(17-18-36-3)28(27)25-19-32(2)26-12-8-7-9-22(25)26/h5-16,19,27-28H,4,17-18H2,1-3H3,(H,31,34)/t27-,28+/m0/s1. The number of hydrogen-bond acceptors (Lipinski definition) is 4. The predicted octanol–water partition coefficient (Wildman–Crippen LogP) is 5.14. The molecule has 5 rings (SSSR count). The van der Waals surface area contributed by atoms with Crippen LogP contribution in [0.3, 0.4) is 0 Å². The van der Waals surface area contributed by atoms with Crippen molar-refractivity contribution in [3.05, 3.63) is 95.7 Å². The number of para-hydroxylation sites is 1. The molecule has 2 atom stereocenters. The quantitative estimate of drug-likeness (QED) is 0.366. The Bertz CT molecular complexity index is 1430. The molecule has 3 aromatic carbocycles. The summed E-state index contributed by atoms with van der Waals surface area (Å²) in [6.45, 7) is 3.23. The van der Waals surface area contributed by atoms with E-state index in [0.717, 1.165) is 27.8 Å². The summed E-state index contributed by atoms with van der Waals surface area (Å²) < 4.78 is 13.0. The van der Waals surface area contributed by atoms with Gasteiger partial charge in [-0.2, -0.15) is 0 Å². The number of aromatic nitrogens is 1. The molecule has 37 heavy (non-hydrogen) atoms. The highest BCUT2D eigenvalue weighted by Gasteiger charge is 2.45. The number of fused-ring (bicyclic) bond motifs is 2. The van der Waals surface area contributed by atoms with Gasteiger partial charge in [0.2, 0.25) is 5.91 Å². The highest BCUT2D eigenvalue weighted by molar-refractivity contribution is 6.05. The van der Waals surface area contributed by atoms with Crippen LogP contribution < -0.4 is 10.1 Å². The molecule has 0 unspecified atom stereocenters. The van der Waals surface area contributed by atoms with Crippen LogP contribution in [-0.2, 0) is 16.6 Å². The van der Waals surface area contributed by atoms with Crippen molar-refractivity contribution in [3.8, 4) is 5.75 Å². The number of carbonyl (C=O) groups excluding carboxylic acids is 2. The van der Waals surface area contributed by atoms with Crippen molar-refractivity contribution in [2.75, 3.05) is 32.2 Å². The fourth-order valence-corrected chi connectivity index (χ4v) is 5.29. The minimum absolute atomic E-state index is 0.101. The Morgan fingerprint density at radius 1 is 0.973 bits per heavy atom. The first-order valence-electron chi connectivity index (χ1n) is 12.5. The molecule has 7 heteroatoms. The number of nitrogens with one attached hydrogen (secondary N) is 1. The van der Waals surface area contributed by atoms with Gasteiger partial charge in [0.15, 0.2) is 0 Å². The van der Waals surface area contributed by atoms with E-state index in [1.807, 2.05) is 91.5 Å². The number of ether oxygens (including phenoxy) is 2. The number of aryl methyl sites for hydroxylation is 1. The maximum absolute atomic E-state index is 14.1. The molecule has 0 aliphatic carbocycles. The van der Waals surface area contributed by atoms with Crippen LogP contribution in [0.4, 0.5) is 5.69 Å². The Labute approximate surface area is 216 Å². The summed E-state index contributed by atoms with van der Waals surface area (Å²) in [5.74, 6) is -0.156. The number of hydrogen-bond donors (Lipinski definition) is 1. The Kier molecular flexibility index (Phi) is 6.97. The number of methoxy groups -OCH3 is 1. The van der Waals surface area contributed by atoms with E-state index in [0.29, 0.717) is 31.0 Å². The second kappa shape index (κ2) is 10.5. The van der Waals surface area contributed by atoms with Gasteiger partial charge >= 0.3 is 0 Å². The molecular weight excluding hydrogens is 466 g/mol. The van der Waals surface area contributed by atoms with E-state index in [9.17, 15) is 9.59 Å². The number of amides is 2. The molecule has 1 N–H and O–H groups in total. The number of carbonyl (C=O) groups is 2. The third-order valence-corrected chi connectivity index (χ3v) is 6.94. The predicted molar refractivity (Wildman–Crippen MR) is 144 cm³/mol. The topological polar surface area (TPSA) is 72.8 Å². The van der Waals surface area contributed by atoms with E-state index in [4.69, 9.17) is 9.47 Å². The smallest absolute Gasteiger partial charge is 0.254 e. The van der Waals surface area contributed by atoms with Crippen LogP contribution in [0.1, 0.15) is 40.4 Å². The van der Waals surface area contributed by atoms with E-state index >= 15 is 0 Å². The Hall–Kier alpha value is -4.10. The van der Waals surface area contributed by atoms with Crippen molar-refractivity contribution >= 4 is 28.4 Å². The molecule has 0 saturated carbocycles. The summed E-state index contributed by atoms with van der Waals surface area (Å²) in [5, 5.41) is 4.11. The minimum atomic E-state index is -0.622. The molecule has 0 spiro atoms. The molecule has 4 aromatic rings. The Morgan fingerprint density at radius 3 is 2.46 bits per heavy atom. The third kappa shape index (κ3) is 4.58. The van der Waals surface area contributed by atoms with Crippen LogP contribution in [0.15, 0.2) is 79.0 Å². The van der Waals surface area contributed by atoms with Crippen LogP contribution in [0.5, 0.6) is 5.75 Å². The molecule has 0 radical (unpaired) electrons. The number of nitrogens with zero attached hydrogens (tertiary/aromatic N) is 2. The second-order valence-corrected chi connectivity index (χ2v) is 9.16. The van der Waals surface area contributed by atoms with Gasteiger partial charge in [-0.25, -0.2) is 0 Å². The largest absolute Gasteiger partial charge is 0.494 e. The van der Waals surface area contributed by atoms with E-state index in [1.54, 1.807) is 18.1 Å².